The topological polar surface area (TPSA) is 12.0 Å². The van der Waals surface area contributed by atoms with Crippen molar-refractivity contribution in [1.82, 2.24) is 5.32 Å². The molecule has 0 heterocycles. The molecule has 0 aliphatic rings. The zero-order valence-electron chi connectivity index (χ0n) is 12.8. The first kappa shape index (κ1) is 14.8. The van der Waals surface area contributed by atoms with Crippen molar-refractivity contribution in [3.05, 3.63) is 70.8 Å². The highest BCUT2D eigenvalue weighted by molar-refractivity contribution is 5.24. The summed E-state index contributed by atoms with van der Waals surface area (Å²) >= 11 is 0. The van der Waals surface area contributed by atoms with Crippen molar-refractivity contribution in [2.75, 3.05) is 0 Å². The Balaban J connectivity index is 1.80. The van der Waals surface area contributed by atoms with Crippen LogP contribution in [0.3, 0.4) is 0 Å². The van der Waals surface area contributed by atoms with Crippen molar-refractivity contribution < 1.29 is 0 Å². The van der Waals surface area contributed by atoms with Gasteiger partial charge in [-0.3, -0.25) is 0 Å². The lowest BCUT2D eigenvalue weighted by atomic mass is 10.0. The van der Waals surface area contributed by atoms with E-state index in [0.717, 1.165) is 25.4 Å². The average Bonchev–Trinajstić information content (AvgIpc) is 2.42. The van der Waals surface area contributed by atoms with Crippen molar-refractivity contribution in [2.45, 2.75) is 40.3 Å². The first-order valence-corrected chi connectivity index (χ1v) is 7.47. The molecule has 1 N–H and O–H groups in total. The van der Waals surface area contributed by atoms with Crippen LogP contribution in [0.1, 0.15) is 36.1 Å². The molecule has 106 valence electrons. The van der Waals surface area contributed by atoms with Crippen LogP contribution in [0.15, 0.2) is 48.5 Å². The summed E-state index contributed by atoms with van der Waals surface area (Å²) in [4.78, 5) is 0. The Hall–Kier alpha value is -1.60. The maximum absolute atomic E-state index is 3.50. The van der Waals surface area contributed by atoms with Gasteiger partial charge >= 0.3 is 0 Å². The Morgan fingerprint density at radius 1 is 0.750 bits per heavy atom. The predicted octanol–water partition coefficient (Wildman–Crippen LogP) is 4.48. The fraction of sp³-hybridized carbons (Fsp3) is 0.368. The molecule has 0 radical (unpaired) electrons. The Morgan fingerprint density at radius 2 is 1.20 bits per heavy atom. The quantitative estimate of drug-likeness (QED) is 0.813. The molecule has 0 fully saturated rings. The second-order valence-corrected chi connectivity index (χ2v) is 6.00. The number of hydrogen-bond acceptors (Lipinski definition) is 1. The SMILES string of the molecule is Cc1ccc(CNCc2ccc(CC(C)C)cc2)cc1. The highest BCUT2D eigenvalue weighted by atomic mass is 14.8. The van der Waals surface area contributed by atoms with E-state index in [9.17, 15) is 0 Å². The minimum atomic E-state index is 0.723. The van der Waals surface area contributed by atoms with Gasteiger partial charge in [0.2, 0.25) is 0 Å². The summed E-state index contributed by atoms with van der Waals surface area (Å²) in [5, 5.41) is 3.50. The van der Waals surface area contributed by atoms with Crippen LogP contribution in [0.2, 0.25) is 0 Å². The van der Waals surface area contributed by atoms with Gasteiger partial charge in [-0.1, -0.05) is 67.9 Å². The molecule has 0 atom stereocenters. The molecule has 1 heteroatoms. The fourth-order valence-electron chi connectivity index (χ4n) is 2.32. The number of aryl methyl sites for hydroxylation is 1. The van der Waals surface area contributed by atoms with Crippen molar-refractivity contribution in [1.29, 1.82) is 0 Å². The Kier molecular flexibility index (Phi) is 5.37. The molecule has 0 aromatic heterocycles. The van der Waals surface area contributed by atoms with Crippen LogP contribution in [0.5, 0.6) is 0 Å². The molecule has 1 nitrogen and oxygen atoms in total. The second-order valence-electron chi connectivity index (χ2n) is 6.00. The van der Waals surface area contributed by atoms with Crippen molar-refractivity contribution >= 4 is 0 Å². The summed E-state index contributed by atoms with van der Waals surface area (Å²) in [5.41, 5.74) is 5.44. The average molecular weight is 267 g/mol. The molecule has 2 aromatic rings. The molecule has 0 spiro atoms. The minimum absolute atomic E-state index is 0.723. The molecule has 2 aromatic carbocycles. The van der Waals surface area contributed by atoms with Gasteiger partial charge in [0.1, 0.15) is 0 Å². The summed E-state index contributed by atoms with van der Waals surface area (Å²) in [5.74, 6) is 0.723. The van der Waals surface area contributed by atoms with E-state index in [2.05, 4.69) is 74.6 Å². The Labute approximate surface area is 123 Å². The largest absolute Gasteiger partial charge is 0.309 e. The summed E-state index contributed by atoms with van der Waals surface area (Å²) in [6.07, 6.45) is 1.16. The van der Waals surface area contributed by atoms with E-state index in [1.54, 1.807) is 0 Å². The molecule has 0 amide bonds. The lowest BCUT2D eigenvalue weighted by Gasteiger charge is -2.08. The van der Waals surface area contributed by atoms with Gasteiger partial charge in [-0.2, -0.15) is 0 Å². The predicted molar refractivity (Wildman–Crippen MR) is 86.7 cm³/mol. The number of nitrogens with one attached hydrogen (secondary N) is 1. The van der Waals surface area contributed by atoms with Crippen molar-refractivity contribution in [2.24, 2.45) is 5.92 Å². The molecular formula is C19H25N. The number of benzene rings is 2. The maximum Gasteiger partial charge on any atom is 0.0208 e. The van der Waals surface area contributed by atoms with Gasteiger partial charge < -0.3 is 5.32 Å². The van der Waals surface area contributed by atoms with E-state index >= 15 is 0 Å². The van der Waals surface area contributed by atoms with Crippen LogP contribution in [0.4, 0.5) is 0 Å². The molecule has 20 heavy (non-hydrogen) atoms. The monoisotopic (exact) mass is 267 g/mol. The summed E-state index contributed by atoms with van der Waals surface area (Å²) < 4.78 is 0. The third-order valence-electron chi connectivity index (χ3n) is 3.45. The lowest BCUT2D eigenvalue weighted by molar-refractivity contribution is 0.646. The Morgan fingerprint density at radius 3 is 1.70 bits per heavy atom. The fourth-order valence-corrected chi connectivity index (χ4v) is 2.32. The van der Waals surface area contributed by atoms with Crippen LogP contribution in [0.25, 0.3) is 0 Å². The summed E-state index contributed by atoms with van der Waals surface area (Å²) in [6.45, 7) is 8.49. The van der Waals surface area contributed by atoms with Crippen molar-refractivity contribution in [3.8, 4) is 0 Å². The highest BCUT2D eigenvalue weighted by Crippen LogP contribution is 2.10. The van der Waals surface area contributed by atoms with E-state index < -0.39 is 0 Å². The molecule has 0 saturated heterocycles. The second kappa shape index (κ2) is 7.25. The van der Waals surface area contributed by atoms with E-state index in [0.29, 0.717) is 0 Å². The molecule has 0 aliphatic carbocycles. The van der Waals surface area contributed by atoms with Gasteiger partial charge in [0.05, 0.1) is 0 Å². The van der Waals surface area contributed by atoms with E-state index in [1.807, 2.05) is 0 Å². The molecular weight excluding hydrogens is 242 g/mol. The van der Waals surface area contributed by atoms with Gasteiger partial charge in [0, 0.05) is 13.1 Å². The Bertz CT molecular complexity index is 508. The maximum atomic E-state index is 3.50. The van der Waals surface area contributed by atoms with Gasteiger partial charge in [0.25, 0.3) is 0 Å². The highest BCUT2D eigenvalue weighted by Gasteiger charge is 1.98. The minimum Gasteiger partial charge on any atom is -0.309 e. The van der Waals surface area contributed by atoms with Crippen molar-refractivity contribution in [3.63, 3.8) is 0 Å². The van der Waals surface area contributed by atoms with E-state index in [1.165, 1.54) is 22.3 Å². The van der Waals surface area contributed by atoms with Crippen LogP contribution in [-0.4, -0.2) is 0 Å². The lowest BCUT2D eigenvalue weighted by Crippen LogP contribution is -2.12. The van der Waals surface area contributed by atoms with E-state index in [-0.39, 0.29) is 0 Å². The van der Waals surface area contributed by atoms with Crippen LogP contribution in [0, 0.1) is 12.8 Å². The van der Waals surface area contributed by atoms with Gasteiger partial charge in [-0.15, -0.1) is 0 Å². The smallest absolute Gasteiger partial charge is 0.0208 e. The number of rotatable bonds is 6. The zero-order chi connectivity index (χ0) is 14.4. The first-order chi connectivity index (χ1) is 9.63. The normalized spacial score (nSPS) is 11.0. The van der Waals surface area contributed by atoms with Gasteiger partial charge in [-0.05, 0) is 36.0 Å². The molecule has 2 rings (SSSR count). The molecule has 0 saturated carbocycles. The first-order valence-electron chi connectivity index (χ1n) is 7.47. The molecule has 0 aliphatic heterocycles. The van der Waals surface area contributed by atoms with Gasteiger partial charge in [0.15, 0.2) is 0 Å². The van der Waals surface area contributed by atoms with Crippen LogP contribution >= 0.6 is 0 Å². The third kappa shape index (κ3) is 4.82. The number of hydrogen-bond donors (Lipinski definition) is 1. The molecule has 0 unspecified atom stereocenters. The van der Waals surface area contributed by atoms with Crippen LogP contribution in [-0.2, 0) is 19.5 Å². The molecule has 0 bridgehead atoms. The zero-order valence-corrected chi connectivity index (χ0v) is 12.8. The third-order valence-corrected chi connectivity index (χ3v) is 3.45. The summed E-state index contributed by atoms with van der Waals surface area (Å²) in [6, 6.07) is 17.7. The van der Waals surface area contributed by atoms with Crippen LogP contribution < -0.4 is 5.32 Å². The summed E-state index contributed by atoms with van der Waals surface area (Å²) in [7, 11) is 0. The van der Waals surface area contributed by atoms with Gasteiger partial charge in [-0.25, -0.2) is 0 Å². The van der Waals surface area contributed by atoms with E-state index in [4.69, 9.17) is 0 Å². The standard InChI is InChI=1S/C19H25N/c1-15(2)12-17-8-10-19(11-9-17)14-20-13-18-6-4-16(3)5-7-18/h4-11,15,20H,12-14H2,1-3H3.